The zero-order chi connectivity index (χ0) is 14.3. The van der Waals surface area contributed by atoms with E-state index in [2.05, 4.69) is 11.8 Å². The Bertz CT molecular complexity index is 366. The minimum atomic E-state index is -2.81. The molecule has 0 bridgehead atoms. The molecular formula is C13H25NO4S. The molecule has 5 nitrogen and oxygen atoms in total. The summed E-state index contributed by atoms with van der Waals surface area (Å²) in [5.41, 5.74) is 0. The normalized spacial score (nSPS) is 21.1. The number of hydrogen-bond donors (Lipinski definition) is 1. The molecule has 0 aromatic carbocycles. The molecule has 19 heavy (non-hydrogen) atoms. The molecule has 0 spiro atoms. The third-order valence-electron chi connectivity index (χ3n) is 3.75. The van der Waals surface area contributed by atoms with Gasteiger partial charge in [-0.15, -0.1) is 0 Å². The van der Waals surface area contributed by atoms with Crippen LogP contribution in [0.4, 0.5) is 0 Å². The Morgan fingerprint density at radius 2 is 1.84 bits per heavy atom. The second-order valence-corrected chi connectivity index (χ2v) is 7.67. The molecule has 0 aromatic rings. The monoisotopic (exact) mass is 291 g/mol. The molecule has 1 rings (SSSR count). The number of sulfone groups is 1. The lowest BCUT2D eigenvalue weighted by Gasteiger charge is -2.28. The fraction of sp³-hybridized carbons (Fsp3) is 0.923. The second kappa shape index (κ2) is 7.85. The van der Waals surface area contributed by atoms with Gasteiger partial charge in [-0.05, 0) is 25.3 Å². The summed E-state index contributed by atoms with van der Waals surface area (Å²) in [5.74, 6) is 0.242. The van der Waals surface area contributed by atoms with Gasteiger partial charge in [0.05, 0.1) is 11.5 Å². The number of nitrogens with zero attached hydrogens (tertiary/aromatic N) is 1. The van der Waals surface area contributed by atoms with Crippen LogP contribution in [0.1, 0.15) is 39.0 Å². The van der Waals surface area contributed by atoms with E-state index >= 15 is 0 Å². The third kappa shape index (κ3) is 6.92. The number of carboxylic acid groups (broad SMARTS) is 1. The van der Waals surface area contributed by atoms with Crippen LogP contribution in [0.5, 0.6) is 0 Å². The summed E-state index contributed by atoms with van der Waals surface area (Å²) in [6.45, 7) is 4.25. The van der Waals surface area contributed by atoms with Crippen LogP contribution in [-0.4, -0.2) is 55.5 Å². The molecule has 1 heterocycles. The first-order valence-electron chi connectivity index (χ1n) is 7.07. The summed E-state index contributed by atoms with van der Waals surface area (Å²) in [4.78, 5) is 12.8. The lowest BCUT2D eigenvalue weighted by molar-refractivity contribution is -0.137. The highest BCUT2D eigenvalue weighted by Gasteiger charge is 2.22. The molecule has 1 N–H and O–H groups in total. The summed E-state index contributed by atoms with van der Waals surface area (Å²) in [7, 11) is -2.81. The molecule has 1 aliphatic rings. The van der Waals surface area contributed by atoms with Crippen molar-refractivity contribution in [1.29, 1.82) is 0 Å². The number of rotatable bonds is 8. The van der Waals surface area contributed by atoms with Crippen LogP contribution in [-0.2, 0) is 14.6 Å². The van der Waals surface area contributed by atoms with E-state index in [0.717, 1.165) is 32.2 Å². The molecule has 0 aromatic heterocycles. The third-order valence-corrected chi connectivity index (χ3v) is 5.36. The minimum absolute atomic E-state index is 0.235. The van der Waals surface area contributed by atoms with Crippen LogP contribution in [0.2, 0.25) is 0 Å². The van der Waals surface area contributed by atoms with Gasteiger partial charge in [-0.2, -0.15) is 0 Å². The summed E-state index contributed by atoms with van der Waals surface area (Å²) in [6, 6.07) is 0. The van der Waals surface area contributed by atoms with E-state index < -0.39 is 15.8 Å². The zero-order valence-electron chi connectivity index (χ0n) is 11.7. The van der Waals surface area contributed by atoms with E-state index in [0.29, 0.717) is 19.0 Å². The molecule has 1 fully saturated rings. The van der Waals surface area contributed by atoms with Crippen molar-refractivity contribution in [2.24, 2.45) is 5.92 Å². The van der Waals surface area contributed by atoms with E-state index in [-0.39, 0.29) is 17.9 Å². The van der Waals surface area contributed by atoms with Crippen LogP contribution in [0.15, 0.2) is 0 Å². The summed E-state index contributed by atoms with van der Waals surface area (Å²) in [6.07, 6.45) is 4.06. The smallest absolute Gasteiger partial charge is 0.303 e. The first-order valence-corrected chi connectivity index (χ1v) is 8.89. The van der Waals surface area contributed by atoms with Crippen LogP contribution in [0, 0.1) is 5.92 Å². The predicted molar refractivity (Wildman–Crippen MR) is 75.0 cm³/mol. The van der Waals surface area contributed by atoms with Crippen molar-refractivity contribution in [2.45, 2.75) is 39.0 Å². The summed E-state index contributed by atoms with van der Waals surface area (Å²) < 4.78 is 22.6. The summed E-state index contributed by atoms with van der Waals surface area (Å²) in [5, 5.41) is 8.73. The maximum absolute atomic E-state index is 11.3. The fourth-order valence-corrected chi connectivity index (χ4v) is 3.78. The number of aliphatic carboxylic acids is 1. The topological polar surface area (TPSA) is 74.7 Å². The van der Waals surface area contributed by atoms with Crippen LogP contribution in [0.3, 0.4) is 0 Å². The van der Waals surface area contributed by atoms with E-state index in [1.165, 1.54) is 0 Å². The van der Waals surface area contributed by atoms with Gasteiger partial charge < -0.3 is 10.0 Å². The van der Waals surface area contributed by atoms with Crippen molar-refractivity contribution in [2.75, 3.05) is 31.1 Å². The lowest BCUT2D eigenvalue weighted by atomic mass is 9.94. The van der Waals surface area contributed by atoms with Gasteiger partial charge in [0.25, 0.3) is 0 Å². The molecule has 0 radical (unpaired) electrons. The van der Waals surface area contributed by atoms with Crippen LogP contribution < -0.4 is 0 Å². The van der Waals surface area contributed by atoms with Gasteiger partial charge in [0, 0.05) is 19.5 Å². The van der Waals surface area contributed by atoms with Crippen molar-refractivity contribution in [3.63, 3.8) is 0 Å². The molecule has 1 unspecified atom stereocenters. The van der Waals surface area contributed by atoms with Gasteiger partial charge >= 0.3 is 5.97 Å². The Morgan fingerprint density at radius 3 is 2.37 bits per heavy atom. The summed E-state index contributed by atoms with van der Waals surface area (Å²) >= 11 is 0. The molecule has 1 atom stereocenters. The highest BCUT2D eigenvalue weighted by Crippen LogP contribution is 2.19. The Morgan fingerprint density at radius 1 is 1.21 bits per heavy atom. The largest absolute Gasteiger partial charge is 0.481 e. The second-order valence-electron chi connectivity index (χ2n) is 5.37. The average molecular weight is 291 g/mol. The van der Waals surface area contributed by atoms with E-state index in [9.17, 15) is 13.2 Å². The van der Waals surface area contributed by atoms with Crippen molar-refractivity contribution in [3.05, 3.63) is 0 Å². The molecular weight excluding hydrogens is 266 g/mol. The van der Waals surface area contributed by atoms with Crippen molar-refractivity contribution in [1.82, 2.24) is 4.90 Å². The molecule has 0 amide bonds. The maximum atomic E-state index is 11.3. The Labute approximate surface area is 115 Å². The first-order chi connectivity index (χ1) is 8.93. The fourth-order valence-electron chi connectivity index (χ4n) is 2.51. The van der Waals surface area contributed by atoms with E-state index in [4.69, 9.17) is 5.11 Å². The number of hydrogen-bond acceptors (Lipinski definition) is 4. The maximum Gasteiger partial charge on any atom is 0.303 e. The van der Waals surface area contributed by atoms with Crippen molar-refractivity contribution < 1.29 is 18.3 Å². The highest BCUT2D eigenvalue weighted by atomic mass is 32.2. The molecule has 112 valence electrons. The van der Waals surface area contributed by atoms with Gasteiger partial charge in [-0.3, -0.25) is 4.79 Å². The van der Waals surface area contributed by atoms with Gasteiger partial charge in [-0.1, -0.05) is 19.8 Å². The zero-order valence-corrected chi connectivity index (χ0v) is 12.5. The first kappa shape index (κ1) is 16.4. The van der Waals surface area contributed by atoms with E-state index in [1.54, 1.807) is 0 Å². The minimum Gasteiger partial charge on any atom is -0.481 e. The Hall–Kier alpha value is -0.620. The molecule has 0 saturated carbocycles. The quantitative estimate of drug-likeness (QED) is 0.731. The van der Waals surface area contributed by atoms with E-state index in [1.807, 2.05) is 0 Å². The van der Waals surface area contributed by atoms with Crippen molar-refractivity contribution >= 4 is 15.8 Å². The predicted octanol–water partition coefficient (Wildman–Crippen LogP) is 1.39. The lowest BCUT2D eigenvalue weighted by Crippen LogP contribution is -2.41. The van der Waals surface area contributed by atoms with Gasteiger partial charge in [0.15, 0.2) is 9.84 Å². The number of carboxylic acids is 1. The highest BCUT2D eigenvalue weighted by molar-refractivity contribution is 7.91. The molecule has 1 saturated heterocycles. The van der Waals surface area contributed by atoms with Gasteiger partial charge in [0.1, 0.15) is 0 Å². The molecule has 1 aliphatic heterocycles. The SMILES string of the molecule is CCCC(CCC(=O)O)CCN1CCS(=O)(=O)CC1. The molecule has 0 aliphatic carbocycles. The van der Waals surface area contributed by atoms with Gasteiger partial charge in [0.2, 0.25) is 0 Å². The Balaban J connectivity index is 2.29. The Kier molecular flexibility index (Phi) is 6.79. The van der Waals surface area contributed by atoms with Crippen LogP contribution >= 0.6 is 0 Å². The molecule has 6 heteroatoms. The standard InChI is InChI=1S/C13H25NO4S/c1-2-3-12(4-5-13(15)16)6-7-14-8-10-19(17,18)11-9-14/h12H,2-11H2,1H3,(H,15,16). The van der Waals surface area contributed by atoms with Gasteiger partial charge in [-0.25, -0.2) is 8.42 Å². The van der Waals surface area contributed by atoms with Crippen LogP contribution in [0.25, 0.3) is 0 Å². The number of carbonyl (C=O) groups is 1. The average Bonchev–Trinajstić information content (AvgIpc) is 2.34. The van der Waals surface area contributed by atoms with Crippen molar-refractivity contribution in [3.8, 4) is 0 Å².